The largest absolute Gasteiger partial charge is 0.496 e. The zero-order valence-corrected chi connectivity index (χ0v) is 8.56. The van der Waals surface area contributed by atoms with E-state index in [0.717, 1.165) is 5.56 Å². The van der Waals surface area contributed by atoms with Crippen LogP contribution in [0.1, 0.15) is 11.1 Å². The number of ether oxygens (including phenoxy) is 1. The summed E-state index contributed by atoms with van der Waals surface area (Å²) in [6.45, 7) is 2.20. The molecule has 4 heteroatoms. The maximum absolute atomic E-state index is 13.1. The van der Waals surface area contributed by atoms with Crippen molar-refractivity contribution in [2.75, 3.05) is 14.2 Å². The van der Waals surface area contributed by atoms with E-state index in [2.05, 4.69) is 5.48 Å². The summed E-state index contributed by atoms with van der Waals surface area (Å²) in [6, 6.07) is 3.11. The molecule has 0 saturated carbocycles. The van der Waals surface area contributed by atoms with E-state index in [1.54, 1.807) is 13.0 Å². The summed E-state index contributed by atoms with van der Waals surface area (Å²) >= 11 is 0. The van der Waals surface area contributed by atoms with Gasteiger partial charge in [0.2, 0.25) is 0 Å². The maximum Gasteiger partial charge on any atom is 0.129 e. The summed E-state index contributed by atoms with van der Waals surface area (Å²) < 4.78 is 18.2. The molecule has 1 rings (SSSR count). The smallest absolute Gasteiger partial charge is 0.129 e. The zero-order valence-electron chi connectivity index (χ0n) is 8.56. The molecule has 0 aliphatic heterocycles. The number of nitrogens with one attached hydrogen (secondary N) is 1. The first-order valence-electron chi connectivity index (χ1n) is 4.28. The first-order chi connectivity index (χ1) is 6.69. The molecule has 0 amide bonds. The summed E-state index contributed by atoms with van der Waals surface area (Å²) in [5.41, 5.74) is 4.15. The predicted molar refractivity (Wildman–Crippen MR) is 51.5 cm³/mol. The van der Waals surface area contributed by atoms with E-state index < -0.39 is 0 Å². The molecule has 0 fully saturated rings. The van der Waals surface area contributed by atoms with E-state index in [-0.39, 0.29) is 5.82 Å². The molecule has 3 nitrogen and oxygen atoms in total. The maximum atomic E-state index is 13.1. The van der Waals surface area contributed by atoms with Crippen LogP contribution in [0.25, 0.3) is 0 Å². The molecule has 1 aromatic carbocycles. The van der Waals surface area contributed by atoms with Gasteiger partial charge in [-0.25, -0.2) is 4.39 Å². The Balaban J connectivity index is 2.95. The molecule has 78 valence electrons. The molecule has 1 aromatic rings. The molecule has 0 spiro atoms. The van der Waals surface area contributed by atoms with E-state index in [0.29, 0.717) is 17.9 Å². The fourth-order valence-corrected chi connectivity index (χ4v) is 1.20. The van der Waals surface area contributed by atoms with Crippen molar-refractivity contribution < 1.29 is 14.0 Å². The van der Waals surface area contributed by atoms with Gasteiger partial charge in [-0.05, 0) is 18.6 Å². The number of rotatable bonds is 4. The summed E-state index contributed by atoms with van der Waals surface area (Å²) in [5, 5.41) is 0. The molecule has 0 atom stereocenters. The summed E-state index contributed by atoms with van der Waals surface area (Å²) in [4.78, 5) is 4.72. The van der Waals surface area contributed by atoms with Gasteiger partial charge < -0.3 is 9.57 Å². The Bertz CT molecular complexity index is 315. The molecule has 1 N–H and O–H groups in total. The highest BCUT2D eigenvalue weighted by molar-refractivity contribution is 5.37. The minimum atomic E-state index is -0.261. The normalized spacial score (nSPS) is 10.3. The van der Waals surface area contributed by atoms with Gasteiger partial charge in [-0.2, -0.15) is 5.48 Å². The van der Waals surface area contributed by atoms with Crippen LogP contribution in [0.2, 0.25) is 0 Å². The summed E-state index contributed by atoms with van der Waals surface area (Å²) in [5.74, 6) is 0.265. The van der Waals surface area contributed by atoms with Crippen LogP contribution >= 0.6 is 0 Å². The van der Waals surface area contributed by atoms with Crippen molar-refractivity contribution in [2.45, 2.75) is 13.5 Å². The number of halogens is 1. The Morgan fingerprint density at radius 3 is 2.64 bits per heavy atom. The monoisotopic (exact) mass is 199 g/mol. The van der Waals surface area contributed by atoms with E-state index in [9.17, 15) is 4.39 Å². The number of hydrogen-bond acceptors (Lipinski definition) is 3. The first kappa shape index (κ1) is 10.9. The fourth-order valence-electron chi connectivity index (χ4n) is 1.20. The second-order valence-electron chi connectivity index (χ2n) is 2.94. The van der Waals surface area contributed by atoms with Crippen molar-refractivity contribution >= 4 is 0 Å². The minimum absolute atomic E-state index is 0.261. The van der Waals surface area contributed by atoms with Crippen LogP contribution in [-0.4, -0.2) is 14.2 Å². The van der Waals surface area contributed by atoms with E-state index in [4.69, 9.17) is 9.57 Å². The SMILES string of the molecule is CONCc1cc(C)c(F)cc1OC. The zero-order chi connectivity index (χ0) is 10.6. The van der Waals surface area contributed by atoms with Gasteiger partial charge in [0.05, 0.1) is 14.2 Å². The summed E-state index contributed by atoms with van der Waals surface area (Å²) in [7, 11) is 3.04. The highest BCUT2D eigenvalue weighted by Gasteiger charge is 2.07. The molecular weight excluding hydrogens is 185 g/mol. The number of aryl methyl sites for hydroxylation is 1. The lowest BCUT2D eigenvalue weighted by Crippen LogP contribution is -2.12. The average Bonchev–Trinajstić information content (AvgIpc) is 2.19. The van der Waals surface area contributed by atoms with Gasteiger partial charge in [0.15, 0.2) is 0 Å². The van der Waals surface area contributed by atoms with Gasteiger partial charge in [0.25, 0.3) is 0 Å². The third kappa shape index (κ3) is 2.43. The van der Waals surface area contributed by atoms with Gasteiger partial charge in [0, 0.05) is 18.2 Å². The standard InChI is InChI=1S/C10H14FNO2/c1-7-4-8(6-12-14-3)10(13-2)5-9(7)11/h4-5,12H,6H2,1-3H3. The highest BCUT2D eigenvalue weighted by atomic mass is 19.1. The average molecular weight is 199 g/mol. The molecule has 0 aliphatic carbocycles. The number of benzene rings is 1. The van der Waals surface area contributed by atoms with E-state index in [1.807, 2.05) is 0 Å². The Morgan fingerprint density at radius 2 is 2.07 bits per heavy atom. The van der Waals surface area contributed by atoms with Crippen molar-refractivity contribution in [2.24, 2.45) is 0 Å². The third-order valence-corrected chi connectivity index (χ3v) is 1.97. The Labute approximate surface area is 82.8 Å². The highest BCUT2D eigenvalue weighted by Crippen LogP contribution is 2.22. The lowest BCUT2D eigenvalue weighted by molar-refractivity contribution is 0.0861. The molecule has 0 saturated heterocycles. The molecule has 0 bridgehead atoms. The van der Waals surface area contributed by atoms with Gasteiger partial charge in [0.1, 0.15) is 11.6 Å². The fraction of sp³-hybridized carbons (Fsp3) is 0.400. The van der Waals surface area contributed by atoms with Gasteiger partial charge >= 0.3 is 0 Å². The van der Waals surface area contributed by atoms with Gasteiger partial charge in [-0.15, -0.1) is 0 Å². The lowest BCUT2D eigenvalue weighted by atomic mass is 10.1. The predicted octanol–water partition coefficient (Wildman–Crippen LogP) is 1.79. The summed E-state index contributed by atoms with van der Waals surface area (Å²) in [6.07, 6.45) is 0. The Hall–Kier alpha value is -1.13. The number of methoxy groups -OCH3 is 1. The lowest BCUT2D eigenvalue weighted by Gasteiger charge is -2.10. The van der Waals surface area contributed by atoms with Crippen LogP contribution < -0.4 is 10.2 Å². The van der Waals surface area contributed by atoms with E-state index >= 15 is 0 Å². The third-order valence-electron chi connectivity index (χ3n) is 1.97. The second kappa shape index (κ2) is 4.93. The number of hydrogen-bond donors (Lipinski definition) is 1. The van der Waals surface area contributed by atoms with Crippen molar-refractivity contribution in [3.05, 3.63) is 29.1 Å². The van der Waals surface area contributed by atoms with Crippen LogP contribution in [0.3, 0.4) is 0 Å². The van der Waals surface area contributed by atoms with Crippen LogP contribution in [0.4, 0.5) is 4.39 Å². The molecule has 14 heavy (non-hydrogen) atoms. The Kier molecular flexibility index (Phi) is 3.85. The van der Waals surface area contributed by atoms with Gasteiger partial charge in [-0.3, -0.25) is 0 Å². The molecular formula is C10H14FNO2. The first-order valence-corrected chi connectivity index (χ1v) is 4.28. The quantitative estimate of drug-likeness (QED) is 0.750. The van der Waals surface area contributed by atoms with Crippen LogP contribution in [0, 0.1) is 12.7 Å². The van der Waals surface area contributed by atoms with Crippen LogP contribution in [0.5, 0.6) is 5.75 Å². The van der Waals surface area contributed by atoms with E-state index in [1.165, 1.54) is 20.3 Å². The second-order valence-corrected chi connectivity index (χ2v) is 2.94. The molecule has 0 unspecified atom stereocenters. The van der Waals surface area contributed by atoms with Crippen molar-refractivity contribution in [3.8, 4) is 5.75 Å². The van der Waals surface area contributed by atoms with Crippen LogP contribution in [-0.2, 0) is 11.4 Å². The van der Waals surface area contributed by atoms with Crippen molar-refractivity contribution in [1.29, 1.82) is 0 Å². The van der Waals surface area contributed by atoms with Crippen molar-refractivity contribution in [3.63, 3.8) is 0 Å². The minimum Gasteiger partial charge on any atom is -0.496 e. The Morgan fingerprint density at radius 1 is 1.36 bits per heavy atom. The van der Waals surface area contributed by atoms with Crippen molar-refractivity contribution in [1.82, 2.24) is 5.48 Å². The van der Waals surface area contributed by atoms with Crippen LogP contribution in [0.15, 0.2) is 12.1 Å². The number of hydroxylamine groups is 1. The molecule has 0 heterocycles. The van der Waals surface area contributed by atoms with Gasteiger partial charge in [-0.1, -0.05) is 0 Å². The molecule has 0 radical (unpaired) electrons. The molecule has 0 aromatic heterocycles. The topological polar surface area (TPSA) is 30.5 Å². The molecule has 0 aliphatic rings.